The zero-order valence-electron chi connectivity index (χ0n) is 13.3. The van der Waals surface area contributed by atoms with E-state index in [0.29, 0.717) is 38.1 Å². The van der Waals surface area contributed by atoms with Crippen LogP contribution in [-0.4, -0.2) is 31.7 Å². The lowest BCUT2D eigenvalue weighted by Crippen LogP contribution is -2.34. The summed E-state index contributed by atoms with van der Waals surface area (Å²) in [6, 6.07) is 9.68. The Morgan fingerprint density at radius 3 is 2.46 bits per heavy atom. The minimum atomic E-state index is -0.759. The summed E-state index contributed by atoms with van der Waals surface area (Å²) in [5.41, 5.74) is 0.939. The third kappa shape index (κ3) is 3.61. The highest BCUT2D eigenvalue weighted by molar-refractivity contribution is 5.79. The minimum absolute atomic E-state index is 0.0403. The Morgan fingerprint density at radius 2 is 1.79 bits per heavy atom. The molecule has 0 unspecified atom stereocenters. The van der Waals surface area contributed by atoms with E-state index in [0.717, 1.165) is 5.69 Å². The van der Waals surface area contributed by atoms with Crippen LogP contribution in [0.4, 0.5) is 0 Å². The van der Waals surface area contributed by atoms with Crippen molar-refractivity contribution in [1.82, 2.24) is 20.1 Å². The summed E-state index contributed by atoms with van der Waals surface area (Å²) in [6.07, 6.45) is 3.98. The number of carboxylic acid groups (broad SMARTS) is 1. The van der Waals surface area contributed by atoms with Gasteiger partial charge in [-0.15, -0.1) is 10.2 Å². The molecule has 0 atom stereocenters. The van der Waals surface area contributed by atoms with Gasteiger partial charge in [-0.05, 0) is 37.8 Å². The van der Waals surface area contributed by atoms with Crippen molar-refractivity contribution in [2.75, 3.05) is 0 Å². The third-order valence-corrected chi connectivity index (χ3v) is 4.52. The Hall–Kier alpha value is -2.70. The van der Waals surface area contributed by atoms with Crippen molar-refractivity contribution in [2.24, 2.45) is 11.8 Å². The number of amides is 1. The molecule has 0 spiro atoms. The molecular weight excluding hydrogens is 308 g/mol. The predicted octanol–water partition coefficient (Wildman–Crippen LogP) is 1.77. The first-order chi connectivity index (χ1) is 11.6. The van der Waals surface area contributed by atoms with Gasteiger partial charge in [0.05, 0.1) is 12.5 Å². The summed E-state index contributed by atoms with van der Waals surface area (Å²) in [6.45, 7) is 0.298. The molecule has 1 aliphatic carbocycles. The van der Waals surface area contributed by atoms with Gasteiger partial charge in [-0.25, -0.2) is 0 Å². The molecule has 1 aromatic heterocycles. The summed E-state index contributed by atoms with van der Waals surface area (Å²) >= 11 is 0. The third-order valence-electron chi connectivity index (χ3n) is 4.52. The van der Waals surface area contributed by atoms with Gasteiger partial charge in [0.2, 0.25) is 5.91 Å². The van der Waals surface area contributed by atoms with Crippen molar-refractivity contribution in [2.45, 2.75) is 32.2 Å². The number of carbonyl (C=O) groups is 2. The zero-order chi connectivity index (χ0) is 16.9. The first-order valence-corrected chi connectivity index (χ1v) is 8.10. The summed E-state index contributed by atoms with van der Waals surface area (Å²) in [7, 11) is 0. The molecule has 0 bridgehead atoms. The van der Waals surface area contributed by atoms with Crippen LogP contribution in [0.5, 0.6) is 0 Å². The summed E-state index contributed by atoms with van der Waals surface area (Å²) in [5.74, 6) is -0.566. The topological polar surface area (TPSA) is 97.1 Å². The highest BCUT2D eigenvalue weighted by Crippen LogP contribution is 2.29. The van der Waals surface area contributed by atoms with Crippen LogP contribution in [0, 0.1) is 11.8 Å². The smallest absolute Gasteiger partial charge is 0.306 e. The Balaban J connectivity index is 1.56. The van der Waals surface area contributed by atoms with E-state index >= 15 is 0 Å². The highest BCUT2D eigenvalue weighted by atomic mass is 16.4. The molecule has 126 valence electrons. The monoisotopic (exact) mass is 328 g/mol. The Kier molecular flexibility index (Phi) is 4.88. The van der Waals surface area contributed by atoms with E-state index in [1.165, 1.54) is 0 Å². The van der Waals surface area contributed by atoms with Crippen molar-refractivity contribution >= 4 is 11.9 Å². The fraction of sp³-hybridized carbons (Fsp3) is 0.412. The molecule has 7 heteroatoms. The number of carboxylic acids is 1. The van der Waals surface area contributed by atoms with E-state index < -0.39 is 5.97 Å². The van der Waals surface area contributed by atoms with Gasteiger partial charge in [-0.3, -0.25) is 14.2 Å². The number of hydrogen-bond donors (Lipinski definition) is 2. The first-order valence-electron chi connectivity index (χ1n) is 8.10. The van der Waals surface area contributed by atoms with Crippen LogP contribution < -0.4 is 5.32 Å². The van der Waals surface area contributed by atoms with Crippen molar-refractivity contribution in [3.8, 4) is 5.69 Å². The molecule has 3 rings (SSSR count). The molecule has 1 amide bonds. The first kappa shape index (κ1) is 16.2. The number of nitrogens with one attached hydrogen (secondary N) is 1. The Bertz CT molecular complexity index is 706. The van der Waals surface area contributed by atoms with Crippen LogP contribution in [0.25, 0.3) is 5.69 Å². The van der Waals surface area contributed by atoms with E-state index in [1.54, 1.807) is 6.33 Å². The van der Waals surface area contributed by atoms with Gasteiger partial charge in [-0.1, -0.05) is 18.2 Å². The molecule has 1 aromatic carbocycles. The van der Waals surface area contributed by atoms with Crippen molar-refractivity contribution in [1.29, 1.82) is 0 Å². The van der Waals surface area contributed by atoms with Crippen LogP contribution in [0.15, 0.2) is 36.7 Å². The number of nitrogens with zero attached hydrogens (tertiary/aromatic N) is 3. The molecule has 0 aliphatic heterocycles. The molecule has 2 aromatic rings. The molecule has 24 heavy (non-hydrogen) atoms. The molecule has 0 saturated heterocycles. The maximum Gasteiger partial charge on any atom is 0.306 e. The molecule has 7 nitrogen and oxygen atoms in total. The summed E-state index contributed by atoms with van der Waals surface area (Å²) in [4.78, 5) is 23.3. The fourth-order valence-corrected chi connectivity index (χ4v) is 3.10. The van der Waals surface area contributed by atoms with Crippen molar-refractivity contribution in [3.05, 3.63) is 42.5 Å². The number of aliphatic carboxylic acids is 1. The molecule has 0 radical (unpaired) electrons. The van der Waals surface area contributed by atoms with E-state index in [9.17, 15) is 9.59 Å². The van der Waals surface area contributed by atoms with Gasteiger partial charge in [-0.2, -0.15) is 0 Å². The second kappa shape index (κ2) is 7.25. The van der Waals surface area contributed by atoms with Crippen LogP contribution in [0.1, 0.15) is 31.5 Å². The maximum absolute atomic E-state index is 12.3. The van der Waals surface area contributed by atoms with Crippen LogP contribution in [-0.2, 0) is 16.1 Å². The second-order valence-corrected chi connectivity index (χ2v) is 6.06. The van der Waals surface area contributed by atoms with Crippen LogP contribution in [0.3, 0.4) is 0 Å². The van der Waals surface area contributed by atoms with Gasteiger partial charge in [0.25, 0.3) is 0 Å². The van der Waals surface area contributed by atoms with Gasteiger partial charge >= 0.3 is 5.97 Å². The Morgan fingerprint density at radius 1 is 1.12 bits per heavy atom. The van der Waals surface area contributed by atoms with E-state index in [2.05, 4.69) is 15.5 Å². The highest BCUT2D eigenvalue weighted by Gasteiger charge is 2.29. The molecular formula is C17H20N4O3. The maximum atomic E-state index is 12.3. The molecule has 1 saturated carbocycles. The van der Waals surface area contributed by atoms with E-state index in [-0.39, 0.29) is 17.7 Å². The number of carbonyl (C=O) groups excluding carboxylic acids is 1. The number of benzene rings is 1. The normalized spacial score (nSPS) is 20.5. The predicted molar refractivity (Wildman–Crippen MR) is 86.3 cm³/mol. The largest absolute Gasteiger partial charge is 0.481 e. The van der Waals surface area contributed by atoms with E-state index in [1.807, 2.05) is 34.9 Å². The lowest BCUT2D eigenvalue weighted by Gasteiger charge is -2.25. The number of rotatable bonds is 5. The molecule has 1 aliphatic rings. The SMILES string of the molecule is O=C(O)C1CCC(C(=O)NCc2nncn2-c2ccccc2)CC1. The second-order valence-electron chi connectivity index (χ2n) is 6.06. The summed E-state index contributed by atoms with van der Waals surface area (Å²) in [5, 5.41) is 19.9. The van der Waals surface area contributed by atoms with Crippen molar-refractivity contribution < 1.29 is 14.7 Å². The van der Waals surface area contributed by atoms with Crippen LogP contribution >= 0.6 is 0 Å². The van der Waals surface area contributed by atoms with Crippen molar-refractivity contribution in [3.63, 3.8) is 0 Å². The van der Waals surface area contributed by atoms with Gasteiger partial charge in [0.15, 0.2) is 5.82 Å². The lowest BCUT2D eigenvalue weighted by molar-refractivity contribution is -0.144. The number of hydrogen-bond acceptors (Lipinski definition) is 4. The average molecular weight is 328 g/mol. The number of para-hydroxylation sites is 1. The quantitative estimate of drug-likeness (QED) is 0.872. The van der Waals surface area contributed by atoms with Gasteiger partial charge in [0.1, 0.15) is 6.33 Å². The minimum Gasteiger partial charge on any atom is -0.481 e. The summed E-state index contributed by atoms with van der Waals surface area (Å²) < 4.78 is 1.83. The van der Waals surface area contributed by atoms with Gasteiger partial charge < -0.3 is 10.4 Å². The van der Waals surface area contributed by atoms with E-state index in [4.69, 9.17) is 5.11 Å². The standard InChI is InChI=1S/C17H20N4O3/c22-16(12-6-8-13(9-7-12)17(23)24)18-10-15-20-19-11-21(15)14-4-2-1-3-5-14/h1-5,11-13H,6-10H2,(H,18,22)(H,23,24). The lowest BCUT2D eigenvalue weighted by atomic mass is 9.81. The van der Waals surface area contributed by atoms with Gasteiger partial charge in [0, 0.05) is 11.6 Å². The Labute approximate surface area is 139 Å². The molecule has 2 N–H and O–H groups in total. The van der Waals surface area contributed by atoms with Crippen LogP contribution in [0.2, 0.25) is 0 Å². The molecule has 1 fully saturated rings. The number of aromatic nitrogens is 3. The fourth-order valence-electron chi connectivity index (χ4n) is 3.10. The molecule has 1 heterocycles. The zero-order valence-corrected chi connectivity index (χ0v) is 13.3. The average Bonchev–Trinajstić information content (AvgIpc) is 3.09.